The summed E-state index contributed by atoms with van der Waals surface area (Å²) in [7, 11) is 0. The molecule has 9 atom stereocenters. The monoisotopic (exact) mass is 639 g/mol. The van der Waals surface area contributed by atoms with Gasteiger partial charge in [0.15, 0.2) is 0 Å². The van der Waals surface area contributed by atoms with E-state index >= 15 is 0 Å². The lowest BCUT2D eigenvalue weighted by molar-refractivity contribution is -0.148. The molecule has 3 fully saturated rings. The van der Waals surface area contributed by atoms with Crippen LogP contribution in [0.2, 0.25) is 0 Å². The molecular weight excluding hydrogens is 586 g/mol. The minimum absolute atomic E-state index is 0.0295. The van der Waals surface area contributed by atoms with Crippen molar-refractivity contribution in [1.82, 2.24) is 9.80 Å². The predicted octanol–water partition coefficient (Wildman–Crippen LogP) is 5.55. The highest BCUT2D eigenvalue weighted by atomic mass is 32.2. The van der Waals surface area contributed by atoms with Crippen LogP contribution in [0.1, 0.15) is 67.2 Å². The largest absolute Gasteiger partial charge is 0.494 e. The first-order chi connectivity index (χ1) is 21.6. The van der Waals surface area contributed by atoms with Gasteiger partial charge in [-0.1, -0.05) is 52.7 Å². The molecular formula is C36H53N3O5S. The van der Waals surface area contributed by atoms with Crippen molar-refractivity contribution in [3.05, 3.63) is 49.6 Å². The van der Waals surface area contributed by atoms with Crippen LogP contribution < -0.4 is 9.64 Å². The molecule has 3 saturated heterocycles. The van der Waals surface area contributed by atoms with Crippen LogP contribution >= 0.6 is 11.8 Å². The predicted molar refractivity (Wildman–Crippen MR) is 182 cm³/mol. The van der Waals surface area contributed by atoms with E-state index in [1.165, 1.54) is 0 Å². The molecule has 3 heterocycles. The zero-order valence-electron chi connectivity index (χ0n) is 28.0. The molecule has 4 unspecified atom stereocenters. The number of aliphatic hydroxyl groups is 1. The summed E-state index contributed by atoms with van der Waals surface area (Å²) in [5.41, 5.74) is 0.714. The lowest BCUT2D eigenvalue weighted by Crippen LogP contribution is -2.61. The van der Waals surface area contributed by atoms with Crippen molar-refractivity contribution in [2.75, 3.05) is 31.2 Å². The Kier molecular flexibility index (Phi) is 11.5. The van der Waals surface area contributed by atoms with Crippen molar-refractivity contribution >= 4 is 35.2 Å². The van der Waals surface area contributed by atoms with Crippen LogP contribution in [0.5, 0.6) is 5.75 Å². The second kappa shape index (κ2) is 14.8. The van der Waals surface area contributed by atoms with Gasteiger partial charge >= 0.3 is 0 Å². The summed E-state index contributed by atoms with van der Waals surface area (Å²) in [5.74, 6) is -0.941. The van der Waals surface area contributed by atoms with Crippen LogP contribution in [0, 0.1) is 23.7 Å². The van der Waals surface area contributed by atoms with Gasteiger partial charge in [-0.3, -0.25) is 14.4 Å². The van der Waals surface area contributed by atoms with Gasteiger partial charge in [-0.2, -0.15) is 0 Å². The van der Waals surface area contributed by atoms with E-state index in [1.54, 1.807) is 33.7 Å². The smallest absolute Gasteiger partial charge is 0.247 e. The molecule has 8 nitrogen and oxygen atoms in total. The summed E-state index contributed by atoms with van der Waals surface area (Å²) in [6.07, 6.45) is 6.69. The number of anilines is 1. The van der Waals surface area contributed by atoms with Crippen molar-refractivity contribution < 1.29 is 24.2 Å². The van der Waals surface area contributed by atoms with E-state index in [0.29, 0.717) is 25.4 Å². The third-order valence-corrected chi connectivity index (χ3v) is 12.5. The second-order valence-electron chi connectivity index (χ2n) is 13.0. The molecule has 3 amide bonds. The molecule has 4 rings (SSSR count). The lowest BCUT2D eigenvalue weighted by Gasteiger charge is -2.44. The highest BCUT2D eigenvalue weighted by Crippen LogP contribution is 2.69. The Morgan fingerprint density at radius 3 is 2.36 bits per heavy atom. The summed E-state index contributed by atoms with van der Waals surface area (Å²) < 4.78 is 4.85. The van der Waals surface area contributed by atoms with Crippen molar-refractivity contribution in [1.29, 1.82) is 0 Å². The molecule has 0 saturated carbocycles. The first-order valence-electron chi connectivity index (χ1n) is 16.7. The number of likely N-dealkylation sites (tertiary alicyclic amines) is 1. The Morgan fingerprint density at radius 2 is 1.80 bits per heavy atom. The van der Waals surface area contributed by atoms with E-state index in [4.69, 9.17) is 4.74 Å². The third kappa shape index (κ3) is 6.07. The maximum absolute atomic E-state index is 14.9. The van der Waals surface area contributed by atoms with Gasteiger partial charge in [-0.25, -0.2) is 0 Å². The Hall–Kier alpha value is -2.78. The number of hydrogen-bond donors (Lipinski definition) is 1. The van der Waals surface area contributed by atoms with Crippen molar-refractivity contribution in [2.24, 2.45) is 23.7 Å². The number of aliphatic hydroxyl groups excluding tert-OH is 1. The van der Waals surface area contributed by atoms with Gasteiger partial charge < -0.3 is 24.5 Å². The van der Waals surface area contributed by atoms with Crippen molar-refractivity contribution in [3.63, 3.8) is 0 Å². The number of ether oxygens (including phenoxy) is 1. The fraction of sp³-hybridized carbons (Fsp3) is 0.639. The minimum Gasteiger partial charge on any atom is -0.494 e. The van der Waals surface area contributed by atoms with Crippen LogP contribution in [0.3, 0.4) is 0 Å². The van der Waals surface area contributed by atoms with Crippen LogP contribution in [-0.2, 0) is 14.4 Å². The molecule has 9 heteroatoms. The molecule has 0 aliphatic carbocycles. The number of carbonyl (C=O) groups is 3. The van der Waals surface area contributed by atoms with Crippen molar-refractivity contribution in [3.8, 4) is 5.75 Å². The maximum atomic E-state index is 14.9. The second-order valence-corrected chi connectivity index (χ2v) is 14.6. The van der Waals surface area contributed by atoms with Crippen molar-refractivity contribution in [2.45, 2.75) is 95.3 Å². The molecule has 0 aromatic heterocycles. The van der Waals surface area contributed by atoms with E-state index in [-0.39, 0.29) is 47.5 Å². The van der Waals surface area contributed by atoms with E-state index in [0.717, 1.165) is 31.4 Å². The molecule has 248 valence electrons. The first-order valence-corrected chi connectivity index (χ1v) is 17.6. The Morgan fingerprint density at radius 1 is 1.13 bits per heavy atom. The van der Waals surface area contributed by atoms with E-state index in [2.05, 4.69) is 33.9 Å². The molecule has 3 aliphatic rings. The number of nitrogens with zero attached hydrogens (tertiary/aromatic N) is 3. The normalized spacial score (nSPS) is 28.7. The quantitative estimate of drug-likeness (QED) is 0.239. The fourth-order valence-corrected chi connectivity index (χ4v) is 10.5. The standard InChI is InChI=1S/C36H53N3O5S/c1-9-14-25(8)37(19-10-2)35(43)32-36-24(7)21-29(45-36)30(31(36)34(42)39(32)28(22-40)23(6)12-4)33(41)38(20-11-3)26-15-17-27(18-16-26)44-13-5/h10-11,15-18,23-25,28-32,40H,2-3,9,12-14,19-22H2,1,4-8H3/t23-,24?,25?,28-,29-,30+,31-,32?,36?/m0/s1. The highest BCUT2D eigenvalue weighted by Gasteiger charge is 2.77. The first kappa shape index (κ1) is 35.1. The van der Waals surface area contributed by atoms with E-state index < -0.39 is 28.7 Å². The Labute approximate surface area is 274 Å². The molecule has 3 aliphatic heterocycles. The summed E-state index contributed by atoms with van der Waals surface area (Å²) in [6.45, 7) is 21.1. The van der Waals surface area contributed by atoms with E-state index in [1.807, 2.05) is 49.9 Å². The molecule has 1 spiro atoms. The molecule has 2 bridgehead atoms. The maximum Gasteiger partial charge on any atom is 0.247 e. The number of carbonyl (C=O) groups excluding carboxylic acids is 3. The number of hydrogen-bond acceptors (Lipinski definition) is 6. The molecule has 1 aromatic carbocycles. The Bertz CT molecular complexity index is 1240. The van der Waals surface area contributed by atoms with Gasteiger partial charge in [0.1, 0.15) is 11.8 Å². The molecule has 0 radical (unpaired) electrons. The van der Waals surface area contributed by atoms with Crippen LogP contribution in [0.4, 0.5) is 5.69 Å². The lowest BCUT2D eigenvalue weighted by atomic mass is 9.65. The zero-order valence-corrected chi connectivity index (χ0v) is 28.8. The minimum atomic E-state index is -0.776. The van der Waals surface area contributed by atoms with E-state index in [9.17, 15) is 19.5 Å². The zero-order chi connectivity index (χ0) is 33.1. The van der Waals surface area contributed by atoms with Gasteiger partial charge in [0, 0.05) is 30.1 Å². The number of fused-ring (bicyclic) bond motifs is 1. The topological polar surface area (TPSA) is 90.4 Å². The summed E-state index contributed by atoms with van der Waals surface area (Å²) in [6, 6.07) is 6.09. The Balaban J connectivity index is 1.83. The van der Waals surface area contributed by atoms with Gasteiger partial charge in [0.05, 0.1) is 35.8 Å². The fourth-order valence-electron chi connectivity index (χ4n) is 8.07. The average Bonchev–Trinajstić information content (AvgIpc) is 3.62. The van der Waals surface area contributed by atoms with Gasteiger partial charge in [0.2, 0.25) is 17.7 Å². The molecule has 1 aromatic rings. The number of amides is 3. The van der Waals surface area contributed by atoms with Crippen LogP contribution in [-0.4, -0.2) is 87.1 Å². The molecule has 45 heavy (non-hydrogen) atoms. The summed E-state index contributed by atoms with van der Waals surface area (Å²) >= 11 is 1.67. The van der Waals surface area contributed by atoms with Crippen LogP contribution in [0.25, 0.3) is 0 Å². The average molecular weight is 640 g/mol. The summed E-state index contributed by atoms with van der Waals surface area (Å²) in [4.78, 5) is 49.7. The SMILES string of the molecule is C=CCN(C(=O)[C@@H]1[C@@H]2CC(C)C3(S2)C(C(=O)N(CC=C)C(C)CCC)N([C@@H](CO)[C@@H](C)CC)C(=O)[C@H]13)c1ccc(OCC)cc1. The molecule has 1 N–H and O–H groups in total. The highest BCUT2D eigenvalue weighted by molar-refractivity contribution is 8.02. The van der Waals surface area contributed by atoms with Gasteiger partial charge in [-0.05, 0) is 62.8 Å². The number of rotatable bonds is 16. The van der Waals surface area contributed by atoms with Crippen LogP contribution in [0.15, 0.2) is 49.6 Å². The van der Waals surface area contributed by atoms with Gasteiger partial charge in [-0.15, -0.1) is 24.9 Å². The third-order valence-electron chi connectivity index (χ3n) is 10.4. The summed E-state index contributed by atoms with van der Waals surface area (Å²) in [5, 5.41) is 10.6. The van der Waals surface area contributed by atoms with Gasteiger partial charge in [0.25, 0.3) is 0 Å². The number of thioether (sulfide) groups is 1. The number of benzene rings is 1.